The SMILES string of the molecule is C=C[C@@H]1CNCCC1CCC(=O)c1ccnc2ccccc12. The predicted octanol–water partition coefficient (Wildman–Crippen LogP) is 3.61. The van der Waals surface area contributed by atoms with Crippen LogP contribution in [0.3, 0.4) is 0 Å². The third-order valence-corrected chi connectivity index (χ3v) is 4.67. The van der Waals surface area contributed by atoms with Crippen molar-refractivity contribution in [2.24, 2.45) is 11.8 Å². The highest BCUT2D eigenvalue weighted by atomic mass is 16.1. The number of benzene rings is 1. The van der Waals surface area contributed by atoms with Gasteiger partial charge in [-0.1, -0.05) is 24.3 Å². The highest BCUT2D eigenvalue weighted by Crippen LogP contribution is 2.26. The van der Waals surface area contributed by atoms with Crippen LogP contribution in [0, 0.1) is 11.8 Å². The maximum atomic E-state index is 12.6. The molecule has 0 aliphatic carbocycles. The molecule has 2 aromatic rings. The van der Waals surface area contributed by atoms with E-state index in [0.29, 0.717) is 18.3 Å². The highest BCUT2D eigenvalue weighted by Gasteiger charge is 2.23. The standard InChI is InChI=1S/C19H22N2O/c1-2-14-13-20-11-9-15(14)7-8-19(22)17-10-12-21-18-6-4-3-5-16(17)18/h2-6,10,12,14-15,20H,1,7-9,11,13H2/t14-,15?/m1/s1. The number of carbonyl (C=O) groups is 1. The molecule has 2 atom stereocenters. The third-order valence-electron chi connectivity index (χ3n) is 4.67. The van der Waals surface area contributed by atoms with Crippen LogP contribution < -0.4 is 5.32 Å². The number of nitrogens with zero attached hydrogens (tertiary/aromatic N) is 1. The molecule has 0 saturated carbocycles. The molecule has 3 nitrogen and oxygen atoms in total. The Bertz CT molecular complexity index is 675. The van der Waals surface area contributed by atoms with Gasteiger partial charge in [0, 0.05) is 30.1 Å². The number of Topliss-reactive ketones (excluding diaryl/α,β-unsaturated/α-hetero) is 1. The molecule has 0 spiro atoms. The molecular formula is C19H22N2O. The van der Waals surface area contributed by atoms with E-state index in [0.717, 1.165) is 42.4 Å². The Kier molecular flexibility index (Phi) is 4.64. The second-order valence-corrected chi connectivity index (χ2v) is 5.99. The van der Waals surface area contributed by atoms with Gasteiger partial charge in [0.05, 0.1) is 5.52 Å². The highest BCUT2D eigenvalue weighted by molar-refractivity contribution is 6.07. The first kappa shape index (κ1) is 14.9. The summed E-state index contributed by atoms with van der Waals surface area (Å²) in [5.74, 6) is 1.27. The van der Waals surface area contributed by atoms with Crippen LogP contribution in [0.1, 0.15) is 29.6 Å². The molecule has 22 heavy (non-hydrogen) atoms. The minimum atomic E-state index is 0.222. The number of piperidine rings is 1. The molecular weight excluding hydrogens is 272 g/mol. The Morgan fingerprint density at radius 3 is 3.09 bits per heavy atom. The van der Waals surface area contributed by atoms with Crippen LogP contribution in [-0.4, -0.2) is 23.9 Å². The van der Waals surface area contributed by atoms with Gasteiger partial charge in [0.1, 0.15) is 0 Å². The Morgan fingerprint density at radius 2 is 2.23 bits per heavy atom. The molecule has 2 heterocycles. The van der Waals surface area contributed by atoms with Crippen LogP contribution in [0.4, 0.5) is 0 Å². The molecule has 1 saturated heterocycles. The molecule has 0 bridgehead atoms. The molecule has 1 aliphatic heterocycles. The van der Waals surface area contributed by atoms with Gasteiger partial charge in [-0.05, 0) is 43.4 Å². The average molecular weight is 294 g/mol. The van der Waals surface area contributed by atoms with Crippen molar-refractivity contribution in [3.05, 3.63) is 54.7 Å². The molecule has 1 aromatic carbocycles. The number of hydrogen-bond acceptors (Lipinski definition) is 3. The van der Waals surface area contributed by atoms with Gasteiger partial charge >= 0.3 is 0 Å². The van der Waals surface area contributed by atoms with E-state index in [1.165, 1.54) is 0 Å². The molecule has 1 N–H and O–H groups in total. The third kappa shape index (κ3) is 3.09. The van der Waals surface area contributed by atoms with Gasteiger partial charge in [-0.2, -0.15) is 0 Å². The summed E-state index contributed by atoms with van der Waals surface area (Å²) in [6.07, 6.45) is 6.42. The summed E-state index contributed by atoms with van der Waals surface area (Å²) in [7, 11) is 0. The van der Waals surface area contributed by atoms with E-state index in [1.54, 1.807) is 6.20 Å². The monoisotopic (exact) mass is 294 g/mol. The lowest BCUT2D eigenvalue weighted by Crippen LogP contribution is -2.35. The van der Waals surface area contributed by atoms with Gasteiger partial charge in [0.25, 0.3) is 0 Å². The maximum Gasteiger partial charge on any atom is 0.163 e. The Labute approximate surface area is 131 Å². The number of ketones is 1. The zero-order chi connectivity index (χ0) is 15.4. The van der Waals surface area contributed by atoms with Crippen molar-refractivity contribution in [3.63, 3.8) is 0 Å². The second-order valence-electron chi connectivity index (χ2n) is 5.99. The molecule has 3 heteroatoms. The topological polar surface area (TPSA) is 42.0 Å². The van der Waals surface area contributed by atoms with E-state index >= 15 is 0 Å². The first-order chi connectivity index (χ1) is 10.8. The molecule has 1 aliphatic rings. The van der Waals surface area contributed by atoms with Gasteiger partial charge in [-0.3, -0.25) is 9.78 Å². The first-order valence-electron chi connectivity index (χ1n) is 8.00. The molecule has 114 valence electrons. The van der Waals surface area contributed by atoms with Crippen LogP contribution in [0.25, 0.3) is 10.9 Å². The molecule has 1 aromatic heterocycles. The molecule has 1 unspecified atom stereocenters. The van der Waals surface area contributed by atoms with Gasteiger partial charge < -0.3 is 5.32 Å². The van der Waals surface area contributed by atoms with Crippen LogP contribution in [-0.2, 0) is 0 Å². The number of hydrogen-bond donors (Lipinski definition) is 1. The van der Waals surface area contributed by atoms with Gasteiger partial charge in [0.15, 0.2) is 5.78 Å². The minimum absolute atomic E-state index is 0.222. The number of fused-ring (bicyclic) bond motifs is 1. The van der Waals surface area contributed by atoms with Crippen molar-refractivity contribution < 1.29 is 4.79 Å². The van der Waals surface area contributed by atoms with E-state index in [9.17, 15) is 4.79 Å². The van der Waals surface area contributed by atoms with Crippen molar-refractivity contribution in [2.75, 3.05) is 13.1 Å². The summed E-state index contributed by atoms with van der Waals surface area (Å²) in [5, 5.41) is 4.35. The summed E-state index contributed by atoms with van der Waals surface area (Å²) in [6, 6.07) is 9.69. The van der Waals surface area contributed by atoms with E-state index in [2.05, 4.69) is 16.9 Å². The number of rotatable bonds is 5. The zero-order valence-corrected chi connectivity index (χ0v) is 12.8. The Hall–Kier alpha value is -2.00. The van der Waals surface area contributed by atoms with E-state index < -0.39 is 0 Å². The normalized spacial score (nSPS) is 21.6. The average Bonchev–Trinajstić information content (AvgIpc) is 2.59. The smallest absolute Gasteiger partial charge is 0.163 e. The molecule has 3 rings (SSSR count). The van der Waals surface area contributed by atoms with Gasteiger partial charge in [-0.25, -0.2) is 0 Å². The van der Waals surface area contributed by atoms with E-state index in [-0.39, 0.29) is 5.78 Å². The van der Waals surface area contributed by atoms with Gasteiger partial charge in [-0.15, -0.1) is 6.58 Å². The number of carbonyl (C=O) groups excluding carboxylic acids is 1. The lowest BCUT2D eigenvalue weighted by molar-refractivity contribution is 0.0968. The fourth-order valence-corrected chi connectivity index (χ4v) is 3.36. The largest absolute Gasteiger partial charge is 0.316 e. The molecule has 0 radical (unpaired) electrons. The number of para-hydroxylation sites is 1. The summed E-state index contributed by atoms with van der Waals surface area (Å²) in [4.78, 5) is 17.0. The lowest BCUT2D eigenvalue weighted by Gasteiger charge is -2.29. The number of aromatic nitrogens is 1. The van der Waals surface area contributed by atoms with Crippen molar-refractivity contribution in [1.82, 2.24) is 10.3 Å². The predicted molar refractivity (Wildman–Crippen MR) is 90.0 cm³/mol. The summed E-state index contributed by atoms with van der Waals surface area (Å²) in [6.45, 7) is 5.96. The summed E-state index contributed by atoms with van der Waals surface area (Å²) in [5.41, 5.74) is 1.69. The van der Waals surface area contributed by atoms with E-state index in [4.69, 9.17) is 0 Å². The summed E-state index contributed by atoms with van der Waals surface area (Å²) >= 11 is 0. The van der Waals surface area contributed by atoms with Crippen LogP contribution >= 0.6 is 0 Å². The lowest BCUT2D eigenvalue weighted by atomic mass is 9.82. The van der Waals surface area contributed by atoms with Crippen molar-refractivity contribution in [3.8, 4) is 0 Å². The van der Waals surface area contributed by atoms with Crippen molar-refractivity contribution in [1.29, 1.82) is 0 Å². The Balaban J connectivity index is 1.72. The fourth-order valence-electron chi connectivity index (χ4n) is 3.36. The van der Waals surface area contributed by atoms with E-state index in [1.807, 2.05) is 36.4 Å². The fraction of sp³-hybridized carbons (Fsp3) is 0.368. The van der Waals surface area contributed by atoms with Crippen LogP contribution in [0.15, 0.2) is 49.2 Å². The van der Waals surface area contributed by atoms with Crippen molar-refractivity contribution in [2.45, 2.75) is 19.3 Å². The second kappa shape index (κ2) is 6.84. The molecule has 0 amide bonds. The first-order valence-corrected chi connectivity index (χ1v) is 8.00. The number of nitrogens with one attached hydrogen (secondary N) is 1. The van der Waals surface area contributed by atoms with Crippen LogP contribution in [0.5, 0.6) is 0 Å². The quantitative estimate of drug-likeness (QED) is 0.676. The maximum absolute atomic E-state index is 12.6. The summed E-state index contributed by atoms with van der Waals surface area (Å²) < 4.78 is 0. The van der Waals surface area contributed by atoms with Gasteiger partial charge in [0.2, 0.25) is 0 Å². The minimum Gasteiger partial charge on any atom is -0.316 e. The van der Waals surface area contributed by atoms with Crippen LogP contribution in [0.2, 0.25) is 0 Å². The molecule has 1 fully saturated rings. The van der Waals surface area contributed by atoms with Crippen molar-refractivity contribution >= 4 is 16.7 Å². The number of pyridine rings is 1. The Morgan fingerprint density at radius 1 is 1.36 bits per heavy atom. The zero-order valence-electron chi connectivity index (χ0n) is 12.8.